The Bertz CT molecular complexity index is 434. The molecule has 0 nitrogen and oxygen atoms in total. The minimum Gasteiger partial charge on any atom is -0.207 e. The molecule has 0 saturated heterocycles. The first-order chi connectivity index (χ1) is 6.77. The zero-order chi connectivity index (χ0) is 9.97. The molecule has 70 valence electrons. The first kappa shape index (κ1) is 9.36. The van der Waals surface area contributed by atoms with Crippen molar-refractivity contribution in [1.29, 1.82) is 0 Å². The minimum absolute atomic E-state index is 0.199. The molecule has 1 unspecified atom stereocenters. The Morgan fingerprint density at radius 1 is 0.857 bits per heavy atom. The van der Waals surface area contributed by atoms with Crippen LogP contribution in [0.15, 0.2) is 48.5 Å². The molecule has 1 atom stereocenters. The third-order valence-electron chi connectivity index (χ3n) is 2.12. The van der Waals surface area contributed by atoms with Crippen molar-refractivity contribution in [2.75, 3.05) is 0 Å². The fraction of sp³-hybridized carbons (Fsp3) is 0. The predicted octanol–water partition coefficient (Wildman–Crippen LogP) is 2.99. The monoisotopic (exact) mass is 204 g/mol. The third-order valence-corrected chi connectivity index (χ3v) is 2.62. The Labute approximate surface area is 85.0 Å². The highest BCUT2D eigenvalue weighted by Crippen LogP contribution is 2.18. The van der Waals surface area contributed by atoms with E-state index in [0.717, 1.165) is 16.4 Å². The summed E-state index contributed by atoms with van der Waals surface area (Å²) in [5, 5.41) is 1.12. The highest BCUT2D eigenvalue weighted by Gasteiger charge is 2.00. The number of halogens is 1. The summed E-state index contributed by atoms with van der Waals surface area (Å²) in [6.45, 7) is 0. The average molecular weight is 204 g/mol. The zero-order valence-corrected chi connectivity index (χ0v) is 8.73. The van der Waals surface area contributed by atoms with E-state index in [0.29, 0.717) is 0 Å². The summed E-state index contributed by atoms with van der Waals surface area (Å²) in [4.78, 5) is 0. The molecule has 0 fully saturated rings. The molecule has 0 aliphatic rings. The van der Waals surface area contributed by atoms with Crippen molar-refractivity contribution in [2.24, 2.45) is 0 Å². The highest BCUT2D eigenvalue weighted by atomic mass is 31.0. The second kappa shape index (κ2) is 3.89. The van der Waals surface area contributed by atoms with Gasteiger partial charge in [0.1, 0.15) is 5.82 Å². The van der Waals surface area contributed by atoms with Gasteiger partial charge in [-0.25, -0.2) is 4.39 Å². The van der Waals surface area contributed by atoms with Gasteiger partial charge in [-0.15, -0.1) is 9.24 Å². The summed E-state index contributed by atoms with van der Waals surface area (Å²) in [5.74, 6) is -0.199. The van der Waals surface area contributed by atoms with E-state index in [1.165, 1.54) is 12.1 Å². The maximum Gasteiger partial charge on any atom is 0.123 e. The lowest BCUT2D eigenvalue weighted by Gasteiger charge is -2.04. The van der Waals surface area contributed by atoms with E-state index in [1.807, 2.05) is 24.3 Å². The van der Waals surface area contributed by atoms with Gasteiger partial charge in [-0.3, -0.25) is 0 Å². The standard InChI is InChI=1S/C12H10FP/c13-10-7-5-9(6-8-10)11-3-1-2-4-12(11)14/h1-8H,14H2. The van der Waals surface area contributed by atoms with Crippen LogP contribution in [-0.4, -0.2) is 0 Å². The molecule has 14 heavy (non-hydrogen) atoms. The predicted molar refractivity (Wildman–Crippen MR) is 61.2 cm³/mol. The van der Waals surface area contributed by atoms with Gasteiger partial charge < -0.3 is 0 Å². The lowest BCUT2D eigenvalue weighted by Crippen LogP contribution is -1.94. The Kier molecular flexibility index (Phi) is 2.60. The van der Waals surface area contributed by atoms with Crippen LogP contribution in [0.2, 0.25) is 0 Å². The van der Waals surface area contributed by atoms with Gasteiger partial charge in [0.25, 0.3) is 0 Å². The first-order valence-corrected chi connectivity index (χ1v) is 4.95. The summed E-state index contributed by atoms with van der Waals surface area (Å²) in [6.07, 6.45) is 0. The van der Waals surface area contributed by atoms with Crippen LogP contribution in [0.4, 0.5) is 4.39 Å². The smallest absolute Gasteiger partial charge is 0.123 e. The summed E-state index contributed by atoms with van der Waals surface area (Å²) in [5.41, 5.74) is 2.16. The molecule has 2 aromatic carbocycles. The maximum atomic E-state index is 12.7. The summed E-state index contributed by atoms with van der Waals surface area (Å²) in [7, 11) is 2.68. The molecule has 2 heteroatoms. The lowest BCUT2D eigenvalue weighted by atomic mass is 10.1. The minimum atomic E-state index is -0.199. The number of hydrogen-bond donors (Lipinski definition) is 0. The van der Waals surface area contributed by atoms with Crippen molar-refractivity contribution in [3.8, 4) is 11.1 Å². The molecular weight excluding hydrogens is 194 g/mol. The average Bonchev–Trinajstić information content (AvgIpc) is 2.20. The van der Waals surface area contributed by atoms with Crippen LogP contribution in [0.1, 0.15) is 0 Å². The maximum absolute atomic E-state index is 12.7. The molecule has 0 amide bonds. The van der Waals surface area contributed by atoms with Gasteiger partial charge in [0.05, 0.1) is 0 Å². The van der Waals surface area contributed by atoms with Crippen LogP contribution in [0.3, 0.4) is 0 Å². The quantitative estimate of drug-likeness (QED) is 0.626. The SMILES string of the molecule is Fc1ccc(-c2ccccc2P)cc1. The van der Waals surface area contributed by atoms with Crippen LogP contribution >= 0.6 is 9.24 Å². The van der Waals surface area contributed by atoms with E-state index >= 15 is 0 Å². The van der Waals surface area contributed by atoms with Gasteiger partial charge in [0.2, 0.25) is 0 Å². The normalized spacial score (nSPS) is 10.1. The van der Waals surface area contributed by atoms with Gasteiger partial charge in [-0.05, 0) is 28.6 Å². The zero-order valence-electron chi connectivity index (χ0n) is 7.57. The summed E-state index contributed by atoms with van der Waals surface area (Å²) < 4.78 is 12.7. The van der Waals surface area contributed by atoms with Gasteiger partial charge in [-0.2, -0.15) is 0 Å². The van der Waals surface area contributed by atoms with E-state index in [1.54, 1.807) is 12.1 Å². The van der Waals surface area contributed by atoms with Crippen molar-refractivity contribution >= 4 is 14.5 Å². The second-order valence-corrected chi connectivity index (χ2v) is 3.72. The van der Waals surface area contributed by atoms with E-state index in [2.05, 4.69) is 9.24 Å². The molecule has 0 radical (unpaired) electrons. The Morgan fingerprint density at radius 3 is 2.14 bits per heavy atom. The molecule has 2 aromatic rings. The Hall–Kier alpha value is -1.20. The molecule has 0 aromatic heterocycles. The molecule has 0 bridgehead atoms. The molecule has 0 aliphatic carbocycles. The van der Waals surface area contributed by atoms with Gasteiger partial charge in [0.15, 0.2) is 0 Å². The topological polar surface area (TPSA) is 0 Å². The Morgan fingerprint density at radius 2 is 1.50 bits per heavy atom. The lowest BCUT2D eigenvalue weighted by molar-refractivity contribution is 0.628. The summed E-state index contributed by atoms with van der Waals surface area (Å²) >= 11 is 0. The van der Waals surface area contributed by atoms with E-state index in [9.17, 15) is 4.39 Å². The van der Waals surface area contributed by atoms with Crippen molar-refractivity contribution in [3.63, 3.8) is 0 Å². The van der Waals surface area contributed by atoms with Crippen molar-refractivity contribution in [3.05, 3.63) is 54.3 Å². The molecular formula is C12H10FP. The fourth-order valence-corrected chi connectivity index (χ4v) is 1.76. The van der Waals surface area contributed by atoms with E-state index in [4.69, 9.17) is 0 Å². The van der Waals surface area contributed by atoms with Crippen LogP contribution in [0, 0.1) is 5.82 Å². The Balaban J connectivity index is 2.50. The molecule has 0 N–H and O–H groups in total. The van der Waals surface area contributed by atoms with Gasteiger partial charge in [-0.1, -0.05) is 36.4 Å². The molecule has 2 rings (SSSR count). The molecule has 0 spiro atoms. The number of rotatable bonds is 1. The van der Waals surface area contributed by atoms with Crippen molar-refractivity contribution in [1.82, 2.24) is 0 Å². The number of benzene rings is 2. The fourth-order valence-electron chi connectivity index (χ4n) is 1.39. The summed E-state index contributed by atoms with van der Waals surface area (Å²) in [6, 6.07) is 14.5. The van der Waals surface area contributed by atoms with Gasteiger partial charge in [0, 0.05) is 0 Å². The first-order valence-electron chi connectivity index (χ1n) is 4.38. The van der Waals surface area contributed by atoms with Crippen molar-refractivity contribution in [2.45, 2.75) is 0 Å². The van der Waals surface area contributed by atoms with Crippen LogP contribution in [0.5, 0.6) is 0 Å². The van der Waals surface area contributed by atoms with Crippen LogP contribution in [0.25, 0.3) is 11.1 Å². The number of hydrogen-bond acceptors (Lipinski definition) is 0. The van der Waals surface area contributed by atoms with Crippen LogP contribution in [-0.2, 0) is 0 Å². The second-order valence-electron chi connectivity index (χ2n) is 3.09. The largest absolute Gasteiger partial charge is 0.207 e. The van der Waals surface area contributed by atoms with Crippen LogP contribution < -0.4 is 5.30 Å². The highest BCUT2D eigenvalue weighted by molar-refractivity contribution is 7.28. The molecule has 0 saturated carbocycles. The van der Waals surface area contributed by atoms with E-state index < -0.39 is 0 Å². The third kappa shape index (κ3) is 1.83. The van der Waals surface area contributed by atoms with Crippen molar-refractivity contribution < 1.29 is 4.39 Å². The van der Waals surface area contributed by atoms with Gasteiger partial charge >= 0.3 is 0 Å². The van der Waals surface area contributed by atoms with E-state index in [-0.39, 0.29) is 5.82 Å². The molecule has 0 aliphatic heterocycles. The molecule has 0 heterocycles.